The van der Waals surface area contributed by atoms with Gasteiger partial charge in [-0.25, -0.2) is 0 Å². The molecule has 3 rings (SSSR count). The minimum Gasteiger partial charge on any atom is -0.482 e. The van der Waals surface area contributed by atoms with Crippen molar-refractivity contribution in [3.63, 3.8) is 0 Å². The molecule has 1 fully saturated rings. The Bertz CT molecular complexity index is 527. The largest absolute Gasteiger partial charge is 0.482 e. The maximum atomic E-state index is 11.3. The maximum absolute atomic E-state index is 11.3. The van der Waals surface area contributed by atoms with Crippen molar-refractivity contribution in [2.24, 2.45) is 0 Å². The van der Waals surface area contributed by atoms with Crippen LogP contribution in [0.2, 0.25) is 0 Å². The Hall–Kier alpha value is -1.95. The molecule has 1 aromatic rings. The number of likely N-dealkylation sites (tertiary alicyclic amines) is 1. The third-order valence-corrected chi connectivity index (χ3v) is 3.95. The molecule has 0 unspecified atom stereocenters. The van der Waals surface area contributed by atoms with Crippen molar-refractivity contribution in [3.8, 4) is 5.75 Å². The minimum atomic E-state index is -0.132. The fraction of sp³-hybridized carbons (Fsp3) is 0.533. The van der Waals surface area contributed by atoms with E-state index in [-0.39, 0.29) is 12.5 Å². The summed E-state index contributed by atoms with van der Waals surface area (Å²) in [6.07, 6.45) is 3.73. The molecule has 0 spiro atoms. The SMILES string of the molecule is Nc1cc2c(cc1NCCCN1CCCC1)NC(=O)CO2. The number of rotatable bonds is 5. The molecule has 0 radical (unpaired) electrons. The average Bonchev–Trinajstić information content (AvgIpc) is 2.97. The van der Waals surface area contributed by atoms with Gasteiger partial charge in [-0.2, -0.15) is 0 Å². The van der Waals surface area contributed by atoms with Crippen LogP contribution in [-0.4, -0.2) is 43.6 Å². The highest BCUT2D eigenvalue weighted by Crippen LogP contribution is 2.35. The average molecular weight is 290 g/mol. The van der Waals surface area contributed by atoms with Gasteiger partial charge < -0.3 is 26.0 Å². The van der Waals surface area contributed by atoms with Gasteiger partial charge >= 0.3 is 0 Å². The Morgan fingerprint density at radius 2 is 2.14 bits per heavy atom. The Balaban J connectivity index is 1.55. The van der Waals surface area contributed by atoms with Crippen LogP contribution in [0.5, 0.6) is 5.75 Å². The zero-order valence-corrected chi connectivity index (χ0v) is 12.2. The third kappa shape index (κ3) is 3.39. The zero-order chi connectivity index (χ0) is 14.7. The van der Waals surface area contributed by atoms with Crippen LogP contribution >= 0.6 is 0 Å². The molecule has 1 saturated heterocycles. The predicted molar refractivity (Wildman–Crippen MR) is 83.8 cm³/mol. The van der Waals surface area contributed by atoms with Gasteiger partial charge in [0.2, 0.25) is 0 Å². The van der Waals surface area contributed by atoms with E-state index in [0.29, 0.717) is 17.1 Å². The lowest BCUT2D eigenvalue weighted by Gasteiger charge is -2.20. The number of hydrogen-bond donors (Lipinski definition) is 3. The Kier molecular flexibility index (Phi) is 4.15. The monoisotopic (exact) mass is 290 g/mol. The number of ether oxygens (including phenoxy) is 1. The number of fused-ring (bicyclic) bond motifs is 1. The first-order chi connectivity index (χ1) is 10.2. The van der Waals surface area contributed by atoms with Crippen LogP contribution in [0, 0.1) is 0 Å². The second-order valence-corrected chi connectivity index (χ2v) is 5.60. The summed E-state index contributed by atoms with van der Waals surface area (Å²) in [5.41, 5.74) is 8.19. The van der Waals surface area contributed by atoms with Gasteiger partial charge in [0, 0.05) is 12.6 Å². The topological polar surface area (TPSA) is 79.6 Å². The molecule has 1 amide bonds. The highest BCUT2D eigenvalue weighted by atomic mass is 16.5. The number of benzene rings is 1. The predicted octanol–water partition coefficient (Wildman–Crippen LogP) is 1.50. The number of hydrogen-bond acceptors (Lipinski definition) is 5. The summed E-state index contributed by atoms with van der Waals surface area (Å²) in [6, 6.07) is 3.61. The van der Waals surface area contributed by atoms with Crippen molar-refractivity contribution in [2.75, 3.05) is 49.2 Å². The maximum Gasteiger partial charge on any atom is 0.262 e. The molecule has 1 aromatic carbocycles. The van der Waals surface area contributed by atoms with E-state index in [1.807, 2.05) is 6.07 Å². The summed E-state index contributed by atoms with van der Waals surface area (Å²) < 4.78 is 5.34. The molecule has 0 aliphatic carbocycles. The zero-order valence-electron chi connectivity index (χ0n) is 12.2. The number of carbonyl (C=O) groups is 1. The molecule has 6 heteroatoms. The molecule has 21 heavy (non-hydrogen) atoms. The summed E-state index contributed by atoms with van der Waals surface area (Å²) in [5, 5.41) is 6.14. The molecule has 2 heterocycles. The summed E-state index contributed by atoms with van der Waals surface area (Å²) >= 11 is 0. The van der Waals surface area contributed by atoms with Gasteiger partial charge in [-0.3, -0.25) is 4.79 Å². The summed E-state index contributed by atoms with van der Waals surface area (Å²) in [6.45, 7) is 4.50. The number of anilines is 3. The van der Waals surface area contributed by atoms with Gasteiger partial charge in [0.1, 0.15) is 5.75 Å². The van der Waals surface area contributed by atoms with Gasteiger partial charge in [-0.15, -0.1) is 0 Å². The first-order valence-corrected chi connectivity index (χ1v) is 7.55. The number of nitrogens with one attached hydrogen (secondary N) is 2. The third-order valence-electron chi connectivity index (χ3n) is 3.95. The van der Waals surface area contributed by atoms with Crippen LogP contribution in [0.1, 0.15) is 19.3 Å². The lowest BCUT2D eigenvalue weighted by atomic mass is 10.2. The summed E-state index contributed by atoms with van der Waals surface area (Å²) in [4.78, 5) is 13.8. The van der Waals surface area contributed by atoms with Gasteiger partial charge in [0.15, 0.2) is 6.61 Å². The molecule has 2 aliphatic rings. The molecule has 0 saturated carbocycles. The minimum absolute atomic E-state index is 0.0506. The molecule has 2 aliphatic heterocycles. The molecule has 6 nitrogen and oxygen atoms in total. The molecular formula is C15H22N4O2. The van der Waals surface area contributed by atoms with E-state index in [0.717, 1.165) is 25.2 Å². The second-order valence-electron chi connectivity index (χ2n) is 5.60. The molecule has 0 atom stereocenters. The van der Waals surface area contributed by atoms with Crippen LogP contribution in [-0.2, 0) is 4.79 Å². The smallest absolute Gasteiger partial charge is 0.262 e. The summed E-state index contributed by atoms with van der Waals surface area (Å²) in [7, 11) is 0. The Labute approximate surface area is 124 Å². The van der Waals surface area contributed by atoms with E-state index >= 15 is 0 Å². The van der Waals surface area contributed by atoms with Crippen molar-refractivity contribution in [1.82, 2.24) is 4.90 Å². The van der Waals surface area contributed by atoms with Crippen LogP contribution in [0.3, 0.4) is 0 Å². The molecule has 114 valence electrons. The van der Waals surface area contributed by atoms with E-state index in [4.69, 9.17) is 10.5 Å². The first kappa shape index (κ1) is 14.0. The molecule has 0 aromatic heterocycles. The van der Waals surface area contributed by atoms with Crippen molar-refractivity contribution in [1.29, 1.82) is 0 Å². The van der Waals surface area contributed by atoms with Crippen LogP contribution < -0.4 is 21.1 Å². The molecule has 0 bridgehead atoms. The lowest BCUT2D eigenvalue weighted by Crippen LogP contribution is -2.25. The Morgan fingerprint density at radius 1 is 1.33 bits per heavy atom. The normalized spacial score (nSPS) is 18.0. The quantitative estimate of drug-likeness (QED) is 0.565. The number of carbonyl (C=O) groups excluding carboxylic acids is 1. The van der Waals surface area contributed by atoms with Gasteiger partial charge in [-0.1, -0.05) is 0 Å². The fourth-order valence-corrected chi connectivity index (χ4v) is 2.83. The number of nitrogens with two attached hydrogens (primary N) is 1. The van der Waals surface area contributed by atoms with Crippen molar-refractivity contribution in [2.45, 2.75) is 19.3 Å². The number of amides is 1. The Morgan fingerprint density at radius 3 is 2.95 bits per heavy atom. The standard InChI is InChI=1S/C15H22N4O2/c16-11-8-14-13(18-15(20)10-21-14)9-12(11)17-4-3-7-19-5-1-2-6-19/h8-9,17H,1-7,10,16H2,(H,18,20). The molecular weight excluding hydrogens is 268 g/mol. The van der Waals surface area contributed by atoms with Crippen LogP contribution in [0.25, 0.3) is 0 Å². The van der Waals surface area contributed by atoms with E-state index < -0.39 is 0 Å². The van der Waals surface area contributed by atoms with E-state index in [2.05, 4.69) is 15.5 Å². The van der Waals surface area contributed by atoms with E-state index in [1.54, 1.807) is 6.07 Å². The lowest BCUT2D eigenvalue weighted by molar-refractivity contribution is -0.118. The van der Waals surface area contributed by atoms with Gasteiger partial charge in [0.05, 0.1) is 17.1 Å². The van der Waals surface area contributed by atoms with Gasteiger partial charge in [-0.05, 0) is 45.0 Å². The number of nitrogens with zero attached hydrogens (tertiary/aromatic N) is 1. The first-order valence-electron chi connectivity index (χ1n) is 7.55. The fourth-order valence-electron chi connectivity index (χ4n) is 2.83. The van der Waals surface area contributed by atoms with Crippen LogP contribution in [0.15, 0.2) is 12.1 Å². The van der Waals surface area contributed by atoms with Crippen molar-refractivity contribution in [3.05, 3.63) is 12.1 Å². The van der Waals surface area contributed by atoms with E-state index in [9.17, 15) is 4.79 Å². The number of nitrogen functional groups attached to an aromatic ring is 1. The highest BCUT2D eigenvalue weighted by Gasteiger charge is 2.17. The second kappa shape index (κ2) is 6.22. The van der Waals surface area contributed by atoms with Crippen molar-refractivity contribution >= 4 is 23.0 Å². The van der Waals surface area contributed by atoms with Crippen molar-refractivity contribution < 1.29 is 9.53 Å². The highest BCUT2D eigenvalue weighted by molar-refractivity contribution is 5.97. The van der Waals surface area contributed by atoms with Crippen LogP contribution in [0.4, 0.5) is 17.1 Å². The molecule has 4 N–H and O–H groups in total. The van der Waals surface area contributed by atoms with Gasteiger partial charge in [0.25, 0.3) is 5.91 Å². The van der Waals surface area contributed by atoms with E-state index in [1.165, 1.54) is 25.9 Å². The summed E-state index contributed by atoms with van der Waals surface area (Å²) in [5.74, 6) is 0.502.